The molecule has 1 heterocycles. The zero-order valence-electron chi connectivity index (χ0n) is 9.79. The third-order valence-corrected chi connectivity index (χ3v) is 2.98. The van der Waals surface area contributed by atoms with E-state index < -0.39 is 0 Å². The molecule has 1 aromatic carbocycles. The van der Waals surface area contributed by atoms with Gasteiger partial charge >= 0.3 is 0 Å². The van der Waals surface area contributed by atoms with Crippen LogP contribution in [0.4, 0.5) is 5.69 Å². The van der Waals surface area contributed by atoms with Crippen LogP contribution in [0.3, 0.4) is 0 Å². The van der Waals surface area contributed by atoms with Crippen molar-refractivity contribution in [2.24, 2.45) is 0 Å². The fourth-order valence-electron chi connectivity index (χ4n) is 2.20. The molecule has 3 N–H and O–H groups in total. The number of fused-ring (bicyclic) bond motifs is 1. The molecule has 1 atom stereocenters. The number of rotatable bonds is 5. The Kier molecular flexibility index (Phi) is 3.80. The quantitative estimate of drug-likeness (QED) is 0.653. The van der Waals surface area contributed by atoms with Gasteiger partial charge in [0.25, 0.3) is 0 Å². The first-order valence-electron chi connectivity index (χ1n) is 5.99. The van der Waals surface area contributed by atoms with Crippen LogP contribution in [-0.4, -0.2) is 30.8 Å². The first-order valence-corrected chi connectivity index (χ1v) is 5.99. The molecule has 0 saturated carbocycles. The lowest BCUT2D eigenvalue weighted by molar-refractivity contribution is 0.293. The minimum Gasteiger partial charge on any atom is -0.395 e. The molecule has 1 aromatic rings. The van der Waals surface area contributed by atoms with E-state index in [2.05, 4.69) is 35.8 Å². The van der Waals surface area contributed by atoms with Gasteiger partial charge in [-0.05, 0) is 43.5 Å². The Hall–Kier alpha value is -1.06. The maximum absolute atomic E-state index is 8.65. The van der Waals surface area contributed by atoms with E-state index in [1.165, 1.54) is 16.8 Å². The maximum atomic E-state index is 8.65. The van der Waals surface area contributed by atoms with E-state index in [1.807, 2.05) is 0 Å². The van der Waals surface area contributed by atoms with E-state index in [-0.39, 0.29) is 6.61 Å². The Morgan fingerprint density at radius 2 is 2.31 bits per heavy atom. The van der Waals surface area contributed by atoms with Gasteiger partial charge in [0.05, 0.1) is 6.61 Å². The van der Waals surface area contributed by atoms with Crippen molar-refractivity contribution in [2.75, 3.05) is 25.0 Å². The standard InChI is InChI=1S/C13H20N2O/c1-10-8-12-9-11(2-3-13(12)15-10)4-5-14-6-7-16/h2-3,9-10,14-16H,4-8H2,1H3. The molecule has 0 radical (unpaired) electrons. The number of aliphatic hydroxyl groups excluding tert-OH is 1. The Bertz CT molecular complexity index is 352. The molecule has 88 valence electrons. The third kappa shape index (κ3) is 2.74. The summed E-state index contributed by atoms with van der Waals surface area (Å²) >= 11 is 0. The summed E-state index contributed by atoms with van der Waals surface area (Å²) in [7, 11) is 0. The Morgan fingerprint density at radius 3 is 3.12 bits per heavy atom. The second kappa shape index (κ2) is 5.32. The number of hydrogen-bond donors (Lipinski definition) is 3. The largest absolute Gasteiger partial charge is 0.395 e. The summed E-state index contributed by atoms with van der Waals surface area (Å²) in [5.41, 5.74) is 4.10. The molecule has 0 aromatic heterocycles. The fourth-order valence-corrected chi connectivity index (χ4v) is 2.20. The van der Waals surface area contributed by atoms with Gasteiger partial charge in [-0.25, -0.2) is 0 Å². The Balaban J connectivity index is 1.90. The number of anilines is 1. The lowest BCUT2D eigenvalue weighted by Crippen LogP contribution is -2.20. The highest BCUT2D eigenvalue weighted by Gasteiger charge is 2.16. The highest BCUT2D eigenvalue weighted by molar-refractivity contribution is 5.57. The molecule has 1 aliphatic rings. The number of hydrogen-bond acceptors (Lipinski definition) is 3. The highest BCUT2D eigenvalue weighted by Crippen LogP contribution is 2.26. The van der Waals surface area contributed by atoms with Gasteiger partial charge in [-0.15, -0.1) is 0 Å². The van der Waals surface area contributed by atoms with Crippen LogP contribution < -0.4 is 10.6 Å². The topological polar surface area (TPSA) is 44.3 Å². The van der Waals surface area contributed by atoms with E-state index in [0.717, 1.165) is 19.4 Å². The maximum Gasteiger partial charge on any atom is 0.0555 e. The molecule has 3 heteroatoms. The summed E-state index contributed by atoms with van der Waals surface area (Å²) in [6, 6.07) is 7.23. The SMILES string of the molecule is CC1Cc2cc(CCNCCO)ccc2N1. The average Bonchev–Trinajstić information content (AvgIpc) is 2.64. The molecule has 3 nitrogen and oxygen atoms in total. The summed E-state index contributed by atoms with van der Waals surface area (Å²) in [6.07, 6.45) is 2.16. The van der Waals surface area contributed by atoms with Crippen molar-refractivity contribution in [3.8, 4) is 0 Å². The van der Waals surface area contributed by atoms with E-state index in [0.29, 0.717) is 12.6 Å². The summed E-state index contributed by atoms with van der Waals surface area (Å²) in [4.78, 5) is 0. The predicted molar refractivity (Wildman–Crippen MR) is 66.9 cm³/mol. The van der Waals surface area contributed by atoms with Crippen molar-refractivity contribution in [1.29, 1.82) is 0 Å². The number of aliphatic hydroxyl groups is 1. The van der Waals surface area contributed by atoms with Crippen LogP contribution in [0.2, 0.25) is 0 Å². The van der Waals surface area contributed by atoms with Crippen molar-refractivity contribution < 1.29 is 5.11 Å². The van der Waals surface area contributed by atoms with Crippen molar-refractivity contribution >= 4 is 5.69 Å². The van der Waals surface area contributed by atoms with Crippen LogP contribution in [0.15, 0.2) is 18.2 Å². The summed E-state index contributed by atoms with van der Waals surface area (Å²) in [5, 5.41) is 15.3. The molecular weight excluding hydrogens is 200 g/mol. The monoisotopic (exact) mass is 220 g/mol. The zero-order chi connectivity index (χ0) is 11.4. The molecule has 0 spiro atoms. The molecular formula is C13H20N2O. The molecule has 1 unspecified atom stereocenters. The molecule has 1 aliphatic heterocycles. The summed E-state index contributed by atoms with van der Waals surface area (Å²) in [6.45, 7) is 4.04. The molecule has 0 saturated heterocycles. The van der Waals surface area contributed by atoms with Gasteiger partial charge in [0, 0.05) is 18.3 Å². The Labute approximate surface area is 96.9 Å². The minimum atomic E-state index is 0.214. The summed E-state index contributed by atoms with van der Waals surface area (Å²) in [5.74, 6) is 0. The molecule has 16 heavy (non-hydrogen) atoms. The van der Waals surface area contributed by atoms with E-state index in [1.54, 1.807) is 0 Å². The van der Waals surface area contributed by atoms with Gasteiger partial charge in [0.15, 0.2) is 0 Å². The predicted octanol–water partition coefficient (Wildman–Crippen LogP) is 1.17. The molecule has 0 fully saturated rings. The van der Waals surface area contributed by atoms with Gasteiger partial charge in [-0.1, -0.05) is 12.1 Å². The zero-order valence-corrected chi connectivity index (χ0v) is 9.79. The minimum absolute atomic E-state index is 0.214. The van der Waals surface area contributed by atoms with Crippen molar-refractivity contribution in [3.63, 3.8) is 0 Å². The molecule has 2 rings (SSSR count). The van der Waals surface area contributed by atoms with Crippen LogP contribution in [0, 0.1) is 0 Å². The van der Waals surface area contributed by atoms with Gasteiger partial charge in [0.1, 0.15) is 0 Å². The van der Waals surface area contributed by atoms with Crippen molar-refractivity contribution in [2.45, 2.75) is 25.8 Å². The smallest absolute Gasteiger partial charge is 0.0555 e. The fraction of sp³-hybridized carbons (Fsp3) is 0.538. The van der Waals surface area contributed by atoms with Crippen LogP contribution in [-0.2, 0) is 12.8 Å². The number of nitrogens with one attached hydrogen (secondary N) is 2. The van der Waals surface area contributed by atoms with Crippen LogP contribution >= 0.6 is 0 Å². The van der Waals surface area contributed by atoms with Crippen LogP contribution in [0.5, 0.6) is 0 Å². The second-order valence-corrected chi connectivity index (χ2v) is 4.46. The number of benzene rings is 1. The van der Waals surface area contributed by atoms with Crippen LogP contribution in [0.25, 0.3) is 0 Å². The van der Waals surface area contributed by atoms with E-state index in [9.17, 15) is 0 Å². The lowest BCUT2D eigenvalue weighted by atomic mass is 10.0. The van der Waals surface area contributed by atoms with Crippen LogP contribution in [0.1, 0.15) is 18.1 Å². The first kappa shape index (κ1) is 11.4. The van der Waals surface area contributed by atoms with Gasteiger partial charge in [-0.2, -0.15) is 0 Å². The molecule has 0 bridgehead atoms. The van der Waals surface area contributed by atoms with E-state index in [4.69, 9.17) is 5.11 Å². The Morgan fingerprint density at radius 1 is 1.44 bits per heavy atom. The lowest BCUT2D eigenvalue weighted by Gasteiger charge is -2.05. The summed E-state index contributed by atoms with van der Waals surface area (Å²) < 4.78 is 0. The molecule has 0 amide bonds. The van der Waals surface area contributed by atoms with Gasteiger partial charge in [-0.3, -0.25) is 0 Å². The highest BCUT2D eigenvalue weighted by atomic mass is 16.3. The molecule has 0 aliphatic carbocycles. The third-order valence-electron chi connectivity index (χ3n) is 2.98. The second-order valence-electron chi connectivity index (χ2n) is 4.46. The van der Waals surface area contributed by atoms with Crippen molar-refractivity contribution in [3.05, 3.63) is 29.3 Å². The van der Waals surface area contributed by atoms with Gasteiger partial charge in [0.2, 0.25) is 0 Å². The average molecular weight is 220 g/mol. The normalized spacial score (nSPS) is 18.2. The van der Waals surface area contributed by atoms with E-state index >= 15 is 0 Å². The van der Waals surface area contributed by atoms with Crippen molar-refractivity contribution in [1.82, 2.24) is 5.32 Å². The van der Waals surface area contributed by atoms with Gasteiger partial charge < -0.3 is 15.7 Å². The first-order chi connectivity index (χ1) is 7.79.